The molecule has 0 aliphatic heterocycles. The van der Waals surface area contributed by atoms with Crippen molar-refractivity contribution in [2.45, 2.75) is 107 Å². The fourth-order valence-corrected chi connectivity index (χ4v) is 19.5. The standard InChI is InChI=1S/3C31H28NO.C27H20NO/c3*1-18(2)21-10-11-25-24(15-21)12-13-32(5)30(25)29-20(4)19(3)14-27-26-16-22-8-6-7-9-23(22)17-28(26)33-31(27)29;1-17-11-12-22-23-13-18-7-3-4-9-20(18)15-25(23)29-27(22)26(17)24-14-19-8-5-6-10-21(19)16-28(24)2/h3*6-18H,1-5H3;3-16H,1-2H3/q4*+1/i1D3,3D3,18D;3D3,18D;;. The first-order valence-electron chi connectivity index (χ1n) is 49.4. The van der Waals surface area contributed by atoms with Gasteiger partial charge in [-0.05, 0) is 277 Å². The highest BCUT2D eigenvalue weighted by atomic mass is 16.3. The van der Waals surface area contributed by atoms with Crippen molar-refractivity contribution in [3.63, 3.8) is 0 Å². The van der Waals surface area contributed by atoms with Crippen molar-refractivity contribution in [1.29, 1.82) is 0 Å². The zero-order chi connectivity index (χ0) is 97.4. The van der Waals surface area contributed by atoms with Crippen molar-refractivity contribution in [1.82, 2.24) is 0 Å². The summed E-state index contributed by atoms with van der Waals surface area (Å²) in [7, 11) is 8.11. The van der Waals surface area contributed by atoms with Gasteiger partial charge in [0.25, 0.3) is 0 Å². The number of furan rings is 4. The van der Waals surface area contributed by atoms with Crippen LogP contribution in [0.3, 0.4) is 0 Å². The molecule has 16 aromatic carbocycles. The van der Waals surface area contributed by atoms with Crippen LogP contribution in [0.1, 0.15) is 130 Å². The molecule has 0 spiro atoms. The maximum absolute atomic E-state index is 8.57. The molecule has 0 fully saturated rings. The Balaban J connectivity index is 0.000000111. The van der Waals surface area contributed by atoms with E-state index in [1.807, 2.05) is 148 Å². The first kappa shape index (κ1) is 68.7. The molecule has 8 heteroatoms. The number of benzene rings is 16. The molecular weight excluding hydrogens is 1560 g/mol. The molecule has 0 aliphatic rings. The molecule has 24 rings (SSSR count). The molecule has 0 radical (unpaired) electrons. The van der Waals surface area contributed by atoms with E-state index in [0.717, 1.165) is 126 Å². The highest BCUT2D eigenvalue weighted by Gasteiger charge is 2.31. The van der Waals surface area contributed by atoms with E-state index in [4.69, 9.17) is 32.7 Å². The van der Waals surface area contributed by atoms with E-state index in [2.05, 4.69) is 240 Å². The molecular formula is C120H104N4O4+4. The summed E-state index contributed by atoms with van der Waals surface area (Å²) in [4.78, 5) is 0. The van der Waals surface area contributed by atoms with Crippen LogP contribution in [0.15, 0.2) is 322 Å². The molecule has 0 bridgehead atoms. The number of aryl methyl sites for hydroxylation is 8. The Morgan fingerprint density at radius 3 is 0.938 bits per heavy atom. The number of nitrogens with zero attached hydrogens (tertiary/aromatic N) is 4. The Kier molecular flexibility index (Phi) is 16.9. The van der Waals surface area contributed by atoms with Crippen LogP contribution in [0, 0.1) is 48.3 Å². The van der Waals surface area contributed by atoms with E-state index in [9.17, 15) is 0 Å². The third kappa shape index (κ3) is 13.6. The van der Waals surface area contributed by atoms with E-state index in [-0.39, 0.29) is 5.56 Å². The van der Waals surface area contributed by atoms with E-state index in [1.165, 1.54) is 105 Å². The molecule has 1 unspecified atom stereocenters. The molecule has 1 atom stereocenters. The summed E-state index contributed by atoms with van der Waals surface area (Å²) in [5.74, 6) is -2.01. The van der Waals surface area contributed by atoms with E-state index in [1.54, 1.807) is 24.3 Å². The van der Waals surface area contributed by atoms with Gasteiger partial charge in [0.1, 0.15) is 72.9 Å². The molecule has 0 N–H and O–H groups in total. The van der Waals surface area contributed by atoms with Gasteiger partial charge in [0.05, 0.1) is 38.4 Å². The summed E-state index contributed by atoms with van der Waals surface area (Å²) in [5.41, 5.74) is 22.6. The lowest BCUT2D eigenvalue weighted by Crippen LogP contribution is -2.31. The Morgan fingerprint density at radius 1 is 0.258 bits per heavy atom. The topological polar surface area (TPSA) is 68.1 Å². The number of aromatic nitrogens is 4. The van der Waals surface area contributed by atoms with E-state index in [0.29, 0.717) is 50.5 Å². The number of fused-ring (bicyclic) bond motifs is 20. The maximum Gasteiger partial charge on any atom is 0.224 e. The van der Waals surface area contributed by atoms with Gasteiger partial charge in [0.15, 0.2) is 24.8 Å². The second-order valence-corrected chi connectivity index (χ2v) is 35.5. The van der Waals surface area contributed by atoms with Gasteiger partial charge in [-0.25, -0.2) is 18.3 Å². The van der Waals surface area contributed by atoms with Crippen LogP contribution >= 0.6 is 0 Å². The number of rotatable bonds is 7. The van der Waals surface area contributed by atoms with Crippen LogP contribution in [0.4, 0.5) is 0 Å². The first-order valence-corrected chi connectivity index (χ1v) is 43.9. The van der Waals surface area contributed by atoms with Crippen LogP contribution in [-0.4, -0.2) is 0 Å². The molecule has 624 valence electrons. The molecule has 0 saturated heterocycles. The van der Waals surface area contributed by atoms with Gasteiger partial charge < -0.3 is 17.7 Å². The second-order valence-electron chi connectivity index (χ2n) is 35.5. The fraction of sp³-hybridized carbons (Fsp3) is 0.167. The normalized spacial score (nSPS) is 14.1. The number of pyridine rings is 4. The Bertz CT molecular complexity index is 9280. The van der Waals surface area contributed by atoms with E-state index < -0.39 is 32.3 Å². The molecule has 8 nitrogen and oxygen atoms in total. The summed E-state index contributed by atoms with van der Waals surface area (Å²) < 4.78 is 125. The van der Waals surface area contributed by atoms with Gasteiger partial charge in [-0.1, -0.05) is 205 Å². The highest BCUT2D eigenvalue weighted by Crippen LogP contribution is 2.48. The van der Waals surface area contributed by atoms with Gasteiger partial charge in [0, 0.05) is 87.8 Å². The third-order valence-electron chi connectivity index (χ3n) is 26.7. The minimum Gasteiger partial charge on any atom is -0.455 e. The van der Waals surface area contributed by atoms with Gasteiger partial charge in [-0.15, -0.1) is 0 Å². The molecule has 0 aliphatic carbocycles. The Morgan fingerprint density at radius 2 is 0.570 bits per heavy atom. The molecule has 0 amide bonds. The average Bonchev–Trinajstić information content (AvgIpc) is 1.60. The monoisotopic (exact) mass is 1680 g/mol. The lowest BCUT2D eigenvalue weighted by Gasteiger charge is -2.12. The molecule has 24 aromatic rings. The SMILES string of the molecule is Cc1cc2c(oc3cc4ccccc4cc32)c(-c2c3ccc(C(C)C)cc3cc[n+]2C)c1C.Cc1ccc2c(oc3cc4ccccc4cc32)c1-c1cc2ccccc2c[n+]1C.[2H]C([2H])([2H])c1cc2c(oc3cc4ccccc4cc32)c(-c2c3ccc(C([2H])(C)C([2H])([2H])[2H])cc3cc[n+]2C)c1C.[2H]C([2H])([2H])c1cc2c(oc3cc4ccccc4cc32)c(-c2c3ccc(C([2H])(C)C)cc3cc[n+]2C)c1C. The van der Waals surface area contributed by atoms with Crippen LogP contribution < -0.4 is 18.3 Å². The predicted molar refractivity (Wildman–Crippen MR) is 537 cm³/mol. The van der Waals surface area contributed by atoms with Crippen molar-refractivity contribution in [3.05, 3.63) is 359 Å². The van der Waals surface area contributed by atoms with Crippen molar-refractivity contribution in [2.24, 2.45) is 28.2 Å². The summed E-state index contributed by atoms with van der Waals surface area (Å²) in [6.07, 6.45) is 8.22. The minimum absolute atomic E-state index is 0.251. The second kappa shape index (κ2) is 31.5. The van der Waals surface area contributed by atoms with E-state index >= 15 is 0 Å². The van der Waals surface area contributed by atoms with Gasteiger partial charge >= 0.3 is 0 Å². The Labute approximate surface area is 760 Å². The van der Waals surface area contributed by atoms with Gasteiger partial charge in [0.2, 0.25) is 22.8 Å². The summed E-state index contributed by atoms with van der Waals surface area (Å²) in [6, 6.07) is 95.3. The lowest BCUT2D eigenvalue weighted by atomic mass is 9.92. The summed E-state index contributed by atoms with van der Waals surface area (Å²) in [6.45, 7) is 12.8. The van der Waals surface area contributed by atoms with Crippen molar-refractivity contribution in [2.75, 3.05) is 0 Å². The maximum atomic E-state index is 8.57. The van der Waals surface area contributed by atoms with Gasteiger partial charge in [-0.2, -0.15) is 0 Å². The molecule has 0 saturated carbocycles. The lowest BCUT2D eigenvalue weighted by molar-refractivity contribution is -0.659. The first-order chi connectivity index (χ1) is 66.2. The largest absolute Gasteiger partial charge is 0.455 e. The third-order valence-corrected chi connectivity index (χ3v) is 26.7. The van der Waals surface area contributed by atoms with Crippen LogP contribution in [0.25, 0.3) is 219 Å². The van der Waals surface area contributed by atoms with Crippen LogP contribution in [0.2, 0.25) is 0 Å². The minimum atomic E-state index is -2.50. The summed E-state index contributed by atoms with van der Waals surface area (Å²) >= 11 is 0. The quantitative estimate of drug-likeness (QED) is 0.149. The average molecular weight is 1680 g/mol. The number of hydrogen-bond donors (Lipinski definition) is 0. The molecule has 8 heterocycles. The van der Waals surface area contributed by atoms with Crippen LogP contribution in [0.5, 0.6) is 0 Å². The smallest absolute Gasteiger partial charge is 0.224 e. The number of hydrogen-bond acceptors (Lipinski definition) is 4. The van der Waals surface area contributed by atoms with Crippen LogP contribution in [-0.2, 0) is 28.2 Å². The summed E-state index contributed by atoms with van der Waals surface area (Å²) in [5, 5.41) is 25.6. The Hall–Kier alpha value is -14.6. The predicted octanol–water partition coefficient (Wildman–Crippen LogP) is 31.1. The fourth-order valence-electron chi connectivity index (χ4n) is 19.5. The van der Waals surface area contributed by atoms with Crippen molar-refractivity contribution >= 4 is 174 Å². The molecule has 8 aromatic heterocycles. The zero-order valence-corrected chi connectivity index (χ0v) is 74.4. The van der Waals surface area contributed by atoms with Gasteiger partial charge in [-0.3, -0.25) is 0 Å². The van der Waals surface area contributed by atoms with Crippen molar-refractivity contribution < 1.29 is 51.0 Å². The van der Waals surface area contributed by atoms with Crippen molar-refractivity contribution in [3.8, 4) is 45.0 Å². The zero-order valence-electron chi connectivity index (χ0n) is 85.4. The highest BCUT2D eigenvalue weighted by molar-refractivity contribution is 6.20. The molecule has 128 heavy (non-hydrogen) atoms.